The molecule has 0 radical (unpaired) electrons. The number of hydrogen-bond donors (Lipinski definition) is 4. The minimum atomic E-state index is -1.26. The Bertz CT molecular complexity index is 1530. The number of allylic oxidation sites excluding steroid dienone is 2. The number of esters is 1. The van der Waals surface area contributed by atoms with Crippen molar-refractivity contribution in [2.75, 3.05) is 26.1 Å². The van der Waals surface area contributed by atoms with Gasteiger partial charge in [-0.05, 0) is 67.9 Å². The fourth-order valence-corrected chi connectivity index (χ4v) is 6.86. The van der Waals surface area contributed by atoms with Crippen molar-refractivity contribution in [3.8, 4) is 5.75 Å². The van der Waals surface area contributed by atoms with Crippen molar-refractivity contribution in [2.45, 2.75) is 83.1 Å². The van der Waals surface area contributed by atoms with Crippen molar-refractivity contribution in [1.82, 2.24) is 15.5 Å². The maximum Gasteiger partial charge on any atom is 0.337 e. The number of nitrogens with one attached hydrogen (secondary N) is 3. The molecule has 4 N–H and O–H groups in total. The number of rotatable bonds is 4. The predicted octanol–water partition coefficient (Wildman–Crippen LogP) is 4.86. The van der Waals surface area contributed by atoms with Gasteiger partial charge in [0.1, 0.15) is 23.3 Å². The molecule has 2 unspecified atom stereocenters. The smallest absolute Gasteiger partial charge is 0.337 e. The van der Waals surface area contributed by atoms with Crippen molar-refractivity contribution >= 4 is 41.0 Å². The first kappa shape index (κ1) is 37.7. The molecule has 49 heavy (non-hydrogen) atoms. The van der Waals surface area contributed by atoms with Crippen LogP contribution >= 0.6 is 11.6 Å². The minimum Gasteiger partial charge on any atom is -0.508 e. The molecule has 2 heterocycles. The summed E-state index contributed by atoms with van der Waals surface area (Å²) in [5.74, 6) is -2.80. The third kappa shape index (κ3) is 9.13. The van der Waals surface area contributed by atoms with Crippen LogP contribution in [0.3, 0.4) is 0 Å². The van der Waals surface area contributed by atoms with Gasteiger partial charge in [0, 0.05) is 31.7 Å². The van der Waals surface area contributed by atoms with Gasteiger partial charge >= 0.3 is 5.97 Å². The molecule has 11 nitrogen and oxygen atoms in total. The Morgan fingerprint density at radius 3 is 2.31 bits per heavy atom. The molecule has 0 fully saturated rings. The van der Waals surface area contributed by atoms with Crippen LogP contribution in [0, 0.1) is 17.8 Å². The predicted molar refractivity (Wildman–Crippen MR) is 188 cm³/mol. The summed E-state index contributed by atoms with van der Waals surface area (Å²) >= 11 is 6.78. The largest absolute Gasteiger partial charge is 0.508 e. The molecule has 2 aromatic carbocycles. The van der Waals surface area contributed by atoms with Gasteiger partial charge in [-0.15, -0.1) is 0 Å². The number of fused-ring (bicyclic) bond motifs is 1. The van der Waals surface area contributed by atoms with Gasteiger partial charge in [-0.1, -0.05) is 74.4 Å². The van der Waals surface area contributed by atoms with Gasteiger partial charge < -0.3 is 35.4 Å². The van der Waals surface area contributed by atoms with Crippen molar-refractivity contribution in [1.29, 1.82) is 0 Å². The number of cyclic esters (lactones) is 1. The first-order chi connectivity index (χ1) is 23.2. The number of benzene rings is 2. The zero-order valence-corrected chi connectivity index (χ0v) is 30.0. The molecule has 0 aliphatic carbocycles. The number of alkyl halides is 1. The summed E-state index contributed by atoms with van der Waals surface area (Å²) < 4.78 is 11.5. The molecule has 2 aliphatic heterocycles. The number of anilines is 1. The molecular formula is C37H49ClN4O7. The van der Waals surface area contributed by atoms with Crippen LogP contribution in [0.1, 0.15) is 70.5 Å². The number of carbonyl (C=O) groups is 4. The van der Waals surface area contributed by atoms with Crippen LogP contribution in [-0.4, -0.2) is 78.2 Å². The molecule has 0 aromatic heterocycles. The average molecular weight is 697 g/mol. The maximum atomic E-state index is 14.5. The molecule has 266 valence electrons. The van der Waals surface area contributed by atoms with Gasteiger partial charge in [-0.2, -0.15) is 0 Å². The number of amides is 3. The van der Waals surface area contributed by atoms with E-state index in [9.17, 15) is 24.3 Å². The lowest BCUT2D eigenvalue weighted by atomic mass is 9.91. The Morgan fingerprint density at radius 2 is 1.63 bits per heavy atom. The number of aromatic hydroxyl groups is 1. The highest BCUT2D eigenvalue weighted by Gasteiger charge is 2.41. The summed E-state index contributed by atoms with van der Waals surface area (Å²) in [6.07, 6.45) is 1.42. The summed E-state index contributed by atoms with van der Waals surface area (Å²) in [6, 6.07) is 10.6. The topological polar surface area (TPSA) is 146 Å². The van der Waals surface area contributed by atoms with Crippen LogP contribution in [-0.2, 0) is 28.7 Å². The number of likely N-dealkylation sites (N-methyl/N-ethyl adjacent to an activating group) is 1. The van der Waals surface area contributed by atoms with E-state index >= 15 is 0 Å². The van der Waals surface area contributed by atoms with E-state index in [1.807, 2.05) is 52.0 Å². The number of hydrogen-bond acceptors (Lipinski definition) is 8. The van der Waals surface area contributed by atoms with Crippen LogP contribution in [0.5, 0.6) is 5.75 Å². The second kappa shape index (κ2) is 16.5. The van der Waals surface area contributed by atoms with Gasteiger partial charge in [0.05, 0.1) is 12.6 Å². The van der Waals surface area contributed by atoms with Gasteiger partial charge in [-0.3, -0.25) is 14.4 Å². The van der Waals surface area contributed by atoms with Crippen LogP contribution in [0.15, 0.2) is 60.2 Å². The van der Waals surface area contributed by atoms with Crippen LogP contribution in [0.25, 0.3) is 0 Å². The van der Waals surface area contributed by atoms with Crippen LogP contribution in [0.4, 0.5) is 5.69 Å². The molecule has 2 aliphatic rings. The number of halogens is 1. The highest BCUT2D eigenvalue weighted by molar-refractivity contribution is 6.23. The van der Waals surface area contributed by atoms with Gasteiger partial charge in [-0.25, -0.2) is 4.79 Å². The minimum absolute atomic E-state index is 0.00278. The van der Waals surface area contributed by atoms with Crippen molar-refractivity contribution in [3.63, 3.8) is 0 Å². The van der Waals surface area contributed by atoms with Crippen LogP contribution < -0.4 is 16.0 Å². The molecule has 3 amide bonds. The summed E-state index contributed by atoms with van der Waals surface area (Å²) in [5.41, 5.74) is 2.66. The van der Waals surface area contributed by atoms with Crippen molar-refractivity contribution in [3.05, 3.63) is 71.3 Å². The van der Waals surface area contributed by atoms with E-state index in [1.165, 1.54) is 31.2 Å². The Labute approximate surface area is 293 Å². The van der Waals surface area contributed by atoms with Gasteiger partial charge in [0.2, 0.25) is 17.7 Å². The highest BCUT2D eigenvalue weighted by atomic mass is 35.5. The zero-order valence-electron chi connectivity index (χ0n) is 29.2. The van der Waals surface area contributed by atoms with E-state index < -0.39 is 53.4 Å². The summed E-state index contributed by atoms with van der Waals surface area (Å²) in [4.78, 5) is 56.6. The molecule has 0 saturated carbocycles. The van der Waals surface area contributed by atoms with E-state index in [2.05, 4.69) is 22.0 Å². The first-order valence-electron chi connectivity index (χ1n) is 16.7. The number of carbonyl (C=O) groups excluding carboxylic acids is 4. The second-order valence-corrected chi connectivity index (χ2v) is 14.0. The van der Waals surface area contributed by atoms with E-state index in [1.54, 1.807) is 19.1 Å². The van der Waals surface area contributed by atoms with Gasteiger partial charge in [0.15, 0.2) is 6.10 Å². The molecular weight excluding hydrogens is 648 g/mol. The van der Waals surface area contributed by atoms with Crippen molar-refractivity contribution < 1.29 is 33.8 Å². The molecule has 0 bridgehead atoms. The second-order valence-electron chi connectivity index (χ2n) is 13.5. The fourth-order valence-electron chi connectivity index (χ4n) is 6.50. The van der Waals surface area contributed by atoms with Crippen LogP contribution in [0.2, 0.25) is 0 Å². The van der Waals surface area contributed by atoms with E-state index in [0.717, 1.165) is 16.8 Å². The number of phenols is 1. The highest BCUT2D eigenvalue weighted by Crippen LogP contribution is 2.41. The molecule has 12 heteroatoms. The van der Waals surface area contributed by atoms with E-state index in [4.69, 9.17) is 21.1 Å². The summed E-state index contributed by atoms with van der Waals surface area (Å²) in [6.45, 7) is 9.44. The number of phenolic OH excluding ortho intramolecular Hbond substituents is 1. The third-order valence-electron chi connectivity index (χ3n) is 9.68. The Kier molecular flexibility index (Phi) is 12.7. The molecule has 4 rings (SSSR count). The number of para-hydroxylation sites is 1. The lowest BCUT2D eigenvalue weighted by Crippen LogP contribution is -2.56. The maximum absolute atomic E-state index is 14.5. The third-order valence-corrected chi connectivity index (χ3v) is 10.1. The lowest BCUT2D eigenvalue weighted by Gasteiger charge is -2.34. The lowest BCUT2D eigenvalue weighted by molar-refractivity contribution is -0.159. The standard InChI is InChI=1S/C37H49ClN4O7/c1-20-16-21(2)23(4)19-49-37(47)32(48-7)31(25-12-14-26(43)15-13-25)41-35(45)30(18-28-27-10-8-9-11-29(27)40-33(28)38)42(6)36(46)24(5)39-34(44)22(3)17-20/h8-16,21-24,28,30-33,40,43H,17-19H2,1-7H3,(H,39,44)(H,41,45)/b20-16+/t21-,22+,23+,24+,28?,30-,31+,32+,33?/m1/s1. The Morgan fingerprint density at radius 1 is 0.959 bits per heavy atom. The summed E-state index contributed by atoms with van der Waals surface area (Å²) in [5, 5.41) is 19.1. The summed E-state index contributed by atoms with van der Waals surface area (Å²) in [7, 11) is 2.88. The molecule has 0 saturated heterocycles. The molecule has 2 aromatic rings. The SMILES string of the molecule is CO[C@@H]1C(=O)OC[C@H](C)[C@H](C)/C=C(\C)C[C@H](C)C(=O)N[C@@H](C)C(=O)N(C)[C@H](CC2c3ccccc3NC2Cl)C(=O)N[C@H]1c1ccc(O)cc1. The number of nitrogens with zero attached hydrogens (tertiary/aromatic N) is 1. The zero-order chi connectivity index (χ0) is 36.0. The van der Waals surface area contributed by atoms with E-state index in [0.29, 0.717) is 12.0 Å². The monoisotopic (exact) mass is 696 g/mol. The number of methoxy groups -OCH3 is 1. The first-order valence-corrected chi connectivity index (χ1v) is 17.2. The fraction of sp³-hybridized carbons (Fsp3) is 0.514. The van der Waals surface area contributed by atoms with Crippen molar-refractivity contribution in [2.24, 2.45) is 17.8 Å². The molecule has 9 atom stereocenters. The normalized spacial score (nSPS) is 31.9. The number of ether oxygens (including phenoxy) is 2. The Balaban J connectivity index is 1.77. The quantitative estimate of drug-likeness (QED) is 0.154. The van der Waals surface area contributed by atoms with E-state index in [-0.39, 0.29) is 42.4 Å². The molecule has 0 spiro atoms. The van der Waals surface area contributed by atoms with Gasteiger partial charge in [0.25, 0.3) is 0 Å². The average Bonchev–Trinajstić information content (AvgIpc) is 3.39. The Hall–Kier alpha value is -4.09.